The highest BCUT2D eigenvalue weighted by Gasteiger charge is 2.01. The molecule has 1 aliphatic heterocycles. The molecule has 0 saturated heterocycles. The van der Waals surface area contributed by atoms with Crippen LogP contribution in [-0.2, 0) is 0 Å². The second-order valence-electron chi connectivity index (χ2n) is 7.14. The van der Waals surface area contributed by atoms with E-state index in [1.54, 1.807) is 12.5 Å². The molecule has 170 valence electrons. The zero-order chi connectivity index (χ0) is 23.7. The Kier molecular flexibility index (Phi) is 7.49. The van der Waals surface area contributed by atoms with Crippen molar-refractivity contribution in [3.8, 4) is 0 Å². The van der Waals surface area contributed by atoms with Crippen LogP contribution in [0.3, 0.4) is 0 Å². The molecule has 0 aliphatic carbocycles. The monoisotopic (exact) mass is 510 g/mol. The van der Waals surface area contributed by atoms with Gasteiger partial charge >= 0.3 is 0 Å². The molecule has 1 aliphatic rings. The first kappa shape index (κ1) is 22.8. The van der Waals surface area contributed by atoms with Crippen molar-refractivity contribution in [3.05, 3.63) is 109 Å². The molecule has 7 aromatic rings. The minimum Gasteiger partial charge on any atom is -0.464 e. The van der Waals surface area contributed by atoms with E-state index >= 15 is 0 Å². The zero-order valence-electron chi connectivity index (χ0n) is 18.3. The molecule has 8 rings (SSSR count). The topological polar surface area (TPSA) is 77.8 Å². The lowest BCUT2D eigenvalue weighted by Gasteiger charge is -1.87. The fraction of sp³-hybridized carbons (Fsp3) is 0. The van der Waals surface area contributed by atoms with E-state index in [0.717, 1.165) is 51.9 Å². The summed E-state index contributed by atoms with van der Waals surface area (Å²) in [6.07, 6.45) is 7.50. The summed E-state index contributed by atoms with van der Waals surface area (Å²) in [4.78, 5) is 0. The van der Waals surface area contributed by atoms with E-state index in [1.165, 1.54) is 23.1 Å². The summed E-state index contributed by atoms with van der Waals surface area (Å²) < 4.78 is 20.4. The predicted octanol–water partition coefficient (Wildman–Crippen LogP) is 7.29. The van der Waals surface area contributed by atoms with E-state index < -0.39 is 0 Å². The number of furan rings is 2. The molecule has 0 spiro atoms. The van der Waals surface area contributed by atoms with Crippen molar-refractivity contribution in [3.63, 3.8) is 0 Å². The van der Waals surface area contributed by atoms with Gasteiger partial charge in [0.1, 0.15) is 31.7 Å². The van der Waals surface area contributed by atoms with Crippen LogP contribution >= 0.6 is 23.1 Å². The van der Waals surface area contributed by atoms with Gasteiger partial charge in [0.05, 0.1) is 21.9 Å². The highest BCUT2D eigenvalue weighted by Crippen LogP contribution is 2.23. The number of hydrogen-bond donors (Lipinski definition) is 0. The number of aromatic nitrogens is 4. The third-order valence-electron chi connectivity index (χ3n) is 4.83. The van der Waals surface area contributed by atoms with Gasteiger partial charge in [0.25, 0.3) is 0 Å². The smallest absolute Gasteiger partial charge is 0.134 e. The molecule has 6 nitrogen and oxygen atoms in total. The lowest BCUT2D eigenvalue weighted by molar-refractivity contribution is 0.612. The second-order valence-corrected chi connectivity index (χ2v) is 9.71. The Bertz CT molecular complexity index is 1490. The van der Waals surface area contributed by atoms with Gasteiger partial charge in [-0.15, -0.1) is 10.2 Å². The van der Waals surface area contributed by atoms with Gasteiger partial charge in [0.15, 0.2) is 0 Å². The van der Waals surface area contributed by atoms with Crippen molar-refractivity contribution in [1.29, 1.82) is 0 Å². The highest BCUT2D eigenvalue weighted by atomic mass is 32.1. The number of allylic oxidation sites excluding steroid dienone is 2. The number of benzene rings is 3. The average Bonchev–Trinajstić information content (AvgIpc) is 3.74. The lowest BCUT2D eigenvalue weighted by atomic mass is 10.2. The average molecular weight is 511 g/mol. The maximum Gasteiger partial charge on any atom is 0.134 e. The van der Waals surface area contributed by atoms with Crippen LogP contribution in [0, 0.1) is 0 Å². The van der Waals surface area contributed by atoms with Crippen LogP contribution in [0.15, 0.2) is 118 Å². The Labute approximate surface area is 211 Å². The van der Waals surface area contributed by atoms with Crippen LogP contribution in [0.4, 0.5) is 0 Å². The standard InChI is InChI=1S/C10H6O2.2C6H4N2S.C4H4Si/c1-3-11-9-6-8-2-4-12-10(8)5-7(1)9;2*1-2-4-6-5(3-1)7-8-9-6;1-2-4-5-3-1/h1-6H;2*1-4H;1-4H. The van der Waals surface area contributed by atoms with E-state index in [2.05, 4.69) is 42.7 Å². The minimum absolute atomic E-state index is 0.906. The Morgan fingerprint density at radius 3 is 1.51 bits per heavy atom. The highest BCUT2D eigenvalue weighted by molar-refractivity contribution is 7.13. The summed E-state index contributed by atoms with van der Waals surface area (Å²) in [5, 5.41) is 9.94. The maximum absolute atomic E-state index is 5.25. The van der Waals surface area contributed by atoms with Gasteiger partial charge in [-0.2, -0.15) is 0 Å². The Balaban J connectivity index is 0.000000100. The molecule has 35 heavy (non-hydrogen) atoms. The second kappa shape index (κ2) is 11.5. The maximum atomic E-state index is 5.25. The molecule has 0 unspecified atom stereocenters. The van der Waals surface area contributed by atoms with Gasteiger partial charge in [0, 0.05) is 10.8 Å². The third kappa shape index (κ3) is 5.96. The van der Waals surface area contributed by atoms with Crippen LogP contribution in [0.25, 0.3) is 42.4 Å². The van der Waals surface area contributed by atoms with Crippen LogP contribution in [0.2, 0.25) is 0 Å². The van der Waals surface area contributed by atoms with Gasteiger partial charge in [-0.05, 0) is 71.6 Å². The fourth-order valence-corrected chi connectivity index (χ4v) is 4.82. The lowest BCUT2D eigenvalue weighted by Crippen LogP contribution is -1.63. The van der Waals surface area contributed by atoms with Crippen LogP contribution in [0.5, 0.6) is 0 Å². The van der Waals surface area contributed by atoms with Gasteiger partial charge in [0.2, 0.25) is 0 Å². The molecule has 3 aromatic carbocycles. The minimum atomic E-state index is 0.906. The molecular formula is C26H18N4O2S2Si. The van der Waals surface area contributed by atoms with Crippen molar-refractivity contribution in [1.82, 2.24) is 19.2 Å². The molecule has 0 atom stereocenters. The molecule has 2 radical (unpaired) electrons. The van der Waals surface area contributed by atoms with Crippen LogP contribution < -0.4 is 0 Å². The largest absolute Gasteiger partial charge is 0.464 e. The third-order valence-corrected chi connectivity index (χ3v) is 7.01. The normalized spacial score (nSPS) is 11.7. The first-order valence-corrected chi connectivity index (χ1v) is 13.3. The van der Waals surface area contributed by atoms with E-state index in [4.69, 9.17) is 8.83 Å². The van der Waals surface area contributed by atoms with E-state index in [0.29, 0.717) is 0 Å². The van der Waals surface area contributed by atoms with Gasteiger partial charge in [-0.25, -0.2) is 0 Å². The van der Waals surface area contributed by atoms with Crippen molar-refractivity contribution in [2.45, 2.75) is 0 Å². The van der Waals surface area contributed by atoms with Crippen LogP contribution in [0.1, 0.15) is 0 Å². The van der Waals surface area contributed by atoms with E-state index in [9.17, 15) is 0 Å². The number of fused-ring (bicyclic) bond motifs is 4. The summed E-state index contributed by atoms with van der Waals surface area (Å²) in [6, 6.07) is 23.7. The molecule has 0 fully saturated rings. The summed E-state index contributed by atoms with van der Waals surface area (Å²) in [7, 11) is 0.948. The molecular weight excluding hydrogens is 493 g/mol. The zero-order valence-corrected chi connectivity index (χ0v) is 20.9. The Morgan fingerprint density at radius 2 is 1.09 bits per heavy atom. The Hall–Kier alpha value is -3.92. The van der Waals surface area contributed by atoms with Gasteiger partial charge in [-0.3, -0.25) is 0 Å². The van der Waals surface area contributed by atoms with Crippen molar-refractivity contribution >= 4 is 75.0 Å². The van der Waals surface area contributed by atoms with E-state index in [1.807, 2.05) is 72.8 Å². The summed E-state index contributed by atoms with van der Waals surface area (Å²) in [5.74, 6) is 0. The predicted molar refractivity (Wildman–Crippen MR) is 145 cm³/mol. The SMILES string of the molecule is C1=C[Si]C=C1.c1cc2cc3occc3cc2o1.c1ccc2snnc2c1.c1ccc2snnc2c1. The van der Waals surface area contributed by atoms with Gasteiger partial charge in [-0.1, -0.05) is 56.8 Å². The number of hydrogen-bond acceptors (Lipinski definition) is 8. The van der Waals surface area contributed by atoms with Crippen molar-refractivity contribution in [2.75, 3.05) is 0 Å². The molecule has 0 amide bonds. The molecule has 0 bridgehead atoms. The molecule has 9 heteroatoms. The quantitative estimate of drug-likeness (QED) is 0.199. The number of nitrogens with zero attached hydrogens (tertiary/aromatic N) is 4. The van der Waals surface area contributed by atoms with Gasteiger partial charge < -0.3 is 8.83 Å². The molecule has 0 N–H and O–H groups in total. The summed E-state index contributed by atoms with van der Waals surface area (Å²) >= 11 is 2.85. The first-order chi connectivity index (χ1) is 17.4. The van der Waals surface area contributed by atoms with Crippen molar-refractivity contribution in [2.24, 2.45) is 0 Å². The number of rotatable bonds is 0. The van der Waals surface area contributed by atoms with Crippen molar-refractivity contribution < 1.29 is 8.83 Å². The molecule has 0 saturated carbocycles. The first-order valence-electron chi connectivity index (χ1n) is 10.6. The fourth-order valence-electron chi connectivity index (χ4n) is 3.15. The van der Waals surface area contributed by atoms with Crippen LogP contribution in [-0.4, -0.2) is 28.7 Å². The molecule has 5 heterocycles. The Morgan fingerprint density at radius 1 is 0.600 bits per heavy atom. The summed E-state index contributed by atoms with van der Waals surface area (Å²) in [6.45, 7) is 0. The van der Waals surface area contributed by atoms with E-state index in [-0.39, 0.29) is 0 Å². The summed E-state index contributed by atoms with van der Waals surface area (Å²) in [5.41, 5.74) is 8.10. The molecule has 4 aromatic heterocycles.